The molecule has 1 heteroatoms. The summed E-state index contributed by atoms with van der Waals surface area (Å²) in [6, 6.07) is 2.90. The Labute approximate surface area is 82.6 Å². The molecule has 0 unspecified atom stereocenters. The quantitative estimate of drug-likeness (QED) is 0.595. The van der Waals surface area contributed by atoms with Gasteiger partial charge in [0.25, 0.3) is 0 Å². The summed E-state index contributed by atoms with van der Waals surface area (Å²) < 4.78 is 0. The zero-order valence-corrected chi connectivity index (χ0v) is 9.31. The van der Waals surface area contributed by atoms with E-state index in [-0.39, 0.29) is 9.52 Å². The van der Waals surface area contributed by atoms with Gasteiger partial charge in [-0.2, -0.15) is 0 Å². The molecule has 0 N–H and O–H groups in total. The van der Waals surface area contributed by atoms with E-state index in [0.717, 1.165) is 11.8 Å². The Bertz CT molecular complexity index is 219. The molecule has 0 radical (unpaired) electrons. The van der Waals surface area contributed by atoms with Gasteiger partial charge in [-0.05, 0) is 11.8 Å². The Morgan fingerprint density at radius 2 is 1.08 bits per heavy atom. The third-order valence-electron chi connectivity index (χ3n) is 2.73. The van der Waals surface area contributed by atoms with Crippen molar-refractivity contribution in [1.82, 2.24) is 0 Å². The lowest BCUT2D eigenvalue weighted by Crippen LogP contribution is -2.01. The lowest BCUT2D eigenvalue weighted by molar-refractivity contribution is 0.901. The summed E-state index contributed by atoms with van der Waals surface area (Å²) in [6.07, 6.45) is 18.0. The molecule has 68 valence electrons. The van der Waals surface area contributed by atoms with Crippen LogP contribution in [0.1, 0.15) is 0 Å². The van der Waals surface area contributed by atoms with Gasteiger partial charge in [0.2, 0.25) is 0 Å². The van der Waals surface area contributed by atoms with Gasteiger partial charge < -0.3 is 0 Å². The predicted octanol–water partition coefficient (Wildman–Crippen LogP) is 2.48. The Morgan fingerprint density at radius 3 is 1.46 bits per heavy atom. The van der Waals surface area contributed by atoms with Gasteiger partial charge in [-0.15, -0.1) is 0 Å². The number of hydrogen-bond acceptors (Lipinski definition) is 0. The van der Waals surface area contributed by atoms with Crippen LogP contribution < -0.4 is 0 Å². The highest BCUT2D eigenvalue weighted by Crippen LogP contribution is 2.18. The maximum Gasteiger partial charge on any atom is 0.0217 e. The summed E-state index contributed by atoms with van der Waals surface area (Å²) in [7, 11) is 0.147. The molecule has 2 aliphatic carbocycles. The molecular weight excluding hydrogens is 172 g/mol. The second kappa shape index (κ2) is 4.42. The molecule has 0 aromatic rings. The Morgan fingerprint density at radius 1 is 0.692 bits per heavy atom. The SMILES string of the molecule is C1=CC(C[SiH2]CC2C=CC=C2)C=C1. The lowest BCUT2D eigenvalue weighted by atomic mass is 10.2. The molecule has 0 aromatic heterocycles. The van der Waals surface area contributed by atoms with Crippen LogP contribution in [0.15, 0.2) is 48.6 Å². The molecule has 2 rings (SSSR count). The third-order valence-corrected chi connectivity index (χ3v) is 4.88. The van der Waals surface area contributed by atoms with E-state index in [1.165, 1.54) is 12.1 Å². The smallest absolute Gasteiger partial charge is 0.0217 e. The van der Waals surface area contributed by atoms with E-state index < -0.39 is 0 Å². The molecule has 0 nitrogen and oxygen atoms in total. The molecule has 0 atom stereocenters. The minimum Gasteiger partial charge on any atom is -0.0779 e. The third kappa shape index (κ3) is 2.56. The molecule has 2 aliphatic rings. The Kier molecular flexibility index (Phi) is 2.98. The molecule has 0 aliphatic heterocycles. The standard InChI is InChI=1S/C12H16Si/c1-2-6-11(5-1)9-13-10-12-7-3-4-8-12/h1-8,11-12H,9-10,13H2. The summed E-state index contributed by atoms with van der Waals surface area (Å²) in [5.74, 6) is 1.56. The van der Waals surface area contributed by atoms with E-state index in [1.54, 1.807) is 0 Å². The van der Waals surface area contributed by atoms with Gasteiger partial charge in [-0.1, -0.05) is 60.7 Å². The van der Waals surface area contributed by atoms with Crippen molar-refractivity contribution in [1.29, 1.82) is 0 Å². The summed E-state index contributed by atoms with van der Waals surface area (Å²) in [6.45, 7) is 0. The van der Waals surface area contributed by atoms with E-state index in [9.17, 15) is 0 Å². The van der Waals surface area contributed by atoms with Gasteiger partial charge in [0.05, 0.1) is 0 Å². The highest BCUT2D eigenvalue weighted by atomic mass is 28.2. The molecule has 0 saturated carbocycles. The largest absolute Gasteiger partial charge is 0.0779 e. The van der Waals surface area contributed by atoms with Crippen LogP contribution in [0.25, 0.3) is 0 Å². The minimum absolute atomic E-state index is 0.147. The molecule has 0 amide bonds. The van der Waals surface area contributed by atoms with Crippen molar-refractivity contribution in [3.8, 4) is 0 Å². The van der Waals surface area contributed by atoms with Gasteiger partial charge >= 0.3 is 0 Å². The van der Waals surface area contributed by atoms with Crippen LogP contribution in [0.2, 0.25) is 12.1 Å². The van der Waals surface area contributed by atoms with Crippen molar-refractivity contribution in [3.05, 3.63) is 48.6 Å². The van der Waals surface area contributed by atoms with Gasteiger partial charge in [0, 0.05) is 9.52 Å². The Balaban J connectivity index is 1.63. The number of allylic oxidation sites excluding steroid dienone is 8. The van der Waals surface area contributed by atoms with Crippen molar-refractivity contribution in [2.45, 2.75) is 12.1 Å². The summed E-state index contributed by atoms with van der Waals surface area (Å²) >= 11 is 0. The maximum absolute atomic E-state index is 2.33. The molecular formula is C12H16Si. The van der Waals surface area contributed by atoms with Gasteiger partial charge in [0.1, 0.15) is 0 Å². The molecule has 0 fully saturated rings. The lowest BCUT2D eigenvalue weighted by Gasteiger charge is -2.06. The first kappa shape index (κ1) is 8.76. The summed E-state index contributed by atoms with van der Waals surface area (Å²) in [5.41, 5.74) is 0. The maximum atomic E-state index is 2.33. The highest BCUT2D eigenvalue weighted by molar-refractivity contribution is 6.35. The van der Waals surface area contributed by atoms with Crippen LogP contribution in [0.3, 0.4) is 0 Å². The summed E-state index contributed by atoms with van der Waals surface area (Å²) in [4.78, 5) is 0. The van der Waals surface area contributed by atoms with Crippen LogP contribution in [-0.4, -0.2) is 9.52 Å². The monoisotopic (exact) mass is 188 g/mol. The second-order valence-electron chi connectivity index (χ2n) is 3.80. The molecule has 0 bridgehead atoms. The number of rotatable bonds is 4. The van der Waals surface area contributed by atoms with Crippen LogP contribution in [0.5, 0.6) is 0 Å². The van der Waals surface area contributed by atoms with Gasteiger partial charge in [-0.25, -0.2) is 0 Å². The number of hydrogen-bond donors (Lipinski definition) is 0. The first-order chi connectivity index (χ1) is 6.45. The van der Waals surface area contributed by atoms with Crippen LogP contribution in [-0.2, 0) is 0 Å². The Hall–Kier alpha value is -0.823. The summed E-state index contributed by atoms with van der Waals surface area (Å²) in [5, 5.41) is 0. The van der Waals surface area contributed by atoms with E-state index in [1.807, 2.05) is 0 Å². The van der Waals surface area contributed by atoms with Crippen LogP contribution in [0, 0.1) is 11.8 Å². The first-order valence-corrected chi connectivity index (χ1v) is 7.15. The normalized spacial score (nSPS) is 20.9. The average molecular weight is 188 g/mol. The zero-order chi connectivity index (χ0) is 8.93. The minimum atomic E-state index is 0.147. The van der Waals surface area contributed by atoms with E-state index >= 15 is 0 Å². The fourth-order valence-corrected chi connectivity index (χ4v) is 3.88. The average Bonchev–Trinajstić information content (AvgIpc) is 2.75. The van der Waals surface area contributed by atoms with Crippen LogP contribution in [0.4, 0.5) is 0 Å². The zero-order valence-electron chi connectivity index (χ0n) is 7.89. The highest BCUT2D eigenvalue weighted by Gasteiger charge is 2.07. The molecule has 0 aromatic carbocycles. The fraction of sp³-hybridized carbons (Fsp3) is 0.333. The topological polar surface area (TPSA) is 0 Å². The predicted molar refractivity (Wildman–Crippen MR) is 61.7 cm³/mol. The second-order valence-corrected chi connectivity index (χ2v) is 5.66. The van der Waals surface area contributed by atoms with Gasteiger partial charge in [0.15, 0.2) is 0 Å². The van der Waals surface area contributed by atoms with Gasteiger partial charge in [-0.3, -0.25) is 0 Å². The molecule has 0 spiro atoms. The van der Waals surface area contributed by atoms with Crippen molar-refractivity contribution >= 4 is 9.52 Å². The van der Waals surface area contributed by atoms with E-state index in [0.29, 0.717) is 0 Å². The van der Waals surface area contributed by atoms with E-state index in [2.05, 4.69) is 48.6 Å². The molecule has 13 heavy (non-hydrogen) atoms. The van der Waals surface area contributed by atoms with Crippen LogP contribution >= 0.6 is 0 Å². The fourth-order valence-electron chi connectivity index (χ4n) is 1.93. The molecule has 0 heterocycles. The van der Waals surface area contributed by atoms with Crippen molar-refractivity contribution in [2.24, 2.45) is 11.8 Å². The van der Waals surface area contributed by atoms with Crippen molar-refractivity contribution < 1.29 is 0 Å². The van der Waals surface area contributed by atoms with E-state index in [4.69, 9.17) is 0 Å². The van der Waals surface area contributed by atoms with Crippen molar-refractivity contribution in [3.63, 3.8) is 0 Å². The van der Waals surface area contributed by atoms with Crippen molar-refractivity contribution in [2.75, 3.05) is 0 Å². The molecule has 0 saturated heterocycles. The first-order valence-electron chi connectivity index (χ1n) is 5.15.